The van der Waals surface area contributed by atoms with Gasteiger partial charge in [0.15, 0.2) is 0 Å². The van der Waals surface area contributed by atoms with Gasteiger partial charge in [-0.25, -0.2) is 0 Å². The number of carbonyl (C=O) groups is 1. The molecule has 0 heterocycles. The van der Waals surface area contributed by atoms with Gasteiger partial charge in [0.2, 0.25) is 0 Å². The third-order valence-corrected chi connectivity index (χ3v) is 3.42. The summed E-state index contributed by atoms with van der Waals surface area (Å²) in [4.78, 5) is 22.6. The van der Waals surface area contributed by atoms with Crippen LogP contribution < -0.4 is 0 Å². The van der Waals surface area contributed by atoms with Crippen molar-refractivity contribution in [2.75, 3.05) is 7.05 Å². The lowest BCUT2D eigenvalue weighted by molar-refractivity contribution is -0.384. The predicted octanol–water partition coefficient (Wildman–Crippen LogP) is 2.26. The summed E-state index contributed by atoms with van der Waals surface area (Å²) in [6.07, 6.45) is 0. The van der Waals surface area contributed by atoms with E-state index in [0.29, 0.717) is 11.0 Å². The zero-order valence-corrected chi connectivity index (χ0v) is 11.5. The van der Waals surface area contributed by atoms with Gasteiger partial charge in [-0.2, -0.15) is 0 Å². The molecule has 18 heavy (non-hydrogen) atoms. The SMILES string of the molecule is CC(C(=O)O)N(C)Cc1ccc([N+](=O)[O-])cc1Br. The average Bonchev–Trinajstić information content (AvgIpc) is 2.30. The van der Waals surface area contributed by atoms with E-state index >= 15 is 0 Å². The third kappa shape index (κ3) is 3.51. The summed E-state index contributed by atoms with van der Waals surface area (Å²) in [5, 5.41) is 19.5. The number of hydrogen-bond donors (Lipinski definition) is 1. The molecule has 1 unspecified atom stereocenters. The minimum atomic E-state index is -0.907. The summed E-state index contributed by atoms with van der Waals surface area (Å²) in [7, 11) is 1.69. The molecule has 0 saturated heterocycles. The number of aliphatic carboxylic acids is 1. The smallest absolute Gasteiger partial charge is 0.320 e. The maximum absolute atomic E-state index is 10.8. The van der Waals surface area contributed by atoms with Gasteiger partial charge in [-0.1, -0.05) is 15.9 Å². The largest absolute Gasteiger partial charge is 0.480 e. The highest BCUT2D eigenvalue weighted by atomic mass is 79.9. The Kier molecular flexibility index (Phi) is 4.80. The second-order valence-electron chi connectivity index (χ2n) is 3.96. The minimum absolute atomic E-state index is 0.000406. The summed E-state index contributed by atoms with van der Waals surface area (Å²) in [5.74, 6) is -0.907. The Hall–Kier alpha value is -1.47. The van der Waals surface area contributed by atoms with Gasteiger partial charge in [-0.3, -0.25) is 19.8 Å². The molecular formula is C11H13BrN2O4. The molecule has 0 radical (unpaired) electrons. The van der Waals surface area contributed by atoms with Crippen LogP contribution in [0.25, 0.3) is 0 Å². The van der Waals surface area contributed by atoms with Crippen molar-refractivity contribution in [2.24, 2.45) is 0 Å². The normalized spacial score (nSPS) is 12.4. The van der Waals surface area contributed by atoms with E-state index < -0.39 is 16.9 Å². The van der Waals surface area contributed by atoms with E-state index in [0.717, 1.165) is 5.56 Å². The number of nitro benzene ring substituents is 1. The lowest BCUT2D eigenvalue weighted by atomic mass is 10.2. The third-order valence-electron chi connectivity index (χ3n) is 2.69. The molecule has 98 valence electrons. The Balaban J connectivity index is 2.86. The van der Waals surface area contributed by atoms with Crippen molar-refractivity contribution in [3.05, 3.63) is 38.3 Å². The lowest BCUT2D eigenvalue weighted by Crippen LogP contribution is -2.35. The summed E-state index contributed by atoms with van der Waals surface area (Å²) >= 11 is 3.25. The van der Waals surface area contributed by atoms with Crippen molar-refractivity contribution in [3.8, 4) is 0 Å². The molecule has 0 aliphatic rings. The van der Waals surface area contributed by atoms with Gasteiger partial charge in [-0.15, -0.1) is 0 Å². The lowest BCUT2D eigenvalue weighted by Gasteiger charge is -2.21. The van der Waals surface area contributed by atoms with Crippen molar-refractivity contribution in [1.29, 1.82) is 0 Å². The molecule has 7 heteroatoms. The van der Waals surface area contributed by atoms with Crippen LogP contribution in [-0.2, 0) is 11.3 Å². The topological polar surface area (TPSA) is 83.7 Å². The predicted molar refractivity (Wildman–Crippen MR) is 69.4 cm³/mol. The molecule has 1 N–H and O–H groups in total. The van der Waals surface area contributed by atoms with E-state index in [9.17, 15) is 14.9 Å². The zero-order valence-electron chi connectivity index (χ0n) is 9.96. The van der Waals surface area contributed by atoms with E-state index in [4.69, 9.17) is 5.11 Å². The molecule has 0 fully saturated rings. The average molecular weight is 317 g/mol. The highest BCUT2D eigenvalue weighted by Gasteiger charge is 2.18. The van der Waals surface area contributed by atoms with Gasteiger partial charge >= 0.3 is 5.97 Å². The molecule has 0 aliphatic carbocycles. The van der Waals surface area contributed by atoms with Crippen molar-refractivity contribution in [2.45, 2.75) is 19.5 Å². The van der Waals surface area contributed by atoms with Crippen molar-refractivity contribution in [1.82, 2.24) is 4.90 Å². The molecule has 6 nitrogen and oxygen atoms in total. The molecule has 1 atom stereocenters. The number of nitro groups is 1. The number of benzene rings is 1. The maximum atomic E-state index is 10.8. The standard InChI is InChI=1S/C11H13BrN2O4/c1-7(11(15)16)13(2)6-8-3-4-9(14(17)18)5-10(8)12/h3-5,7H,6H2,1-2H3,(H,15,16). The molecule has 1 aromatic carbocycles. The zero-order chi connectivity index (χ0) is 13.9. The minimum Gasteiger partial charge on any atom is -0.480 e. The molecule has 0 amide bonds. The molecule has 1 aromatic rings. The second-order valence-corrected chi connectivity index (χ2v) is 4.82. The van der Waals surface area contributed by atoms with Crippen LogP contribution in [0.1, 0.15) is 12.5 Å². The first-order valence-electron chi connectivity index (χ1n) is 5.18. The first kappa shape index (κ1) is 14.6. The number of hydrogen-bond acceptors (Lipinski definition) is 4. The van der Waals surface area contributed by atoms with E-state index in [1.54, 1.807) is 24.9 Å². The quantitative estimate of drug-likeness (QED) is 0.665. The number of likely N-dealkylation sites (N-methyl/N-ethyl adjacent to an activating group) is 1. The van der Waals surface area contributed by atoms with E-state index in [1.165, 1.54) is 12.1 Å². The van der Waals surface area contributed by atoms with E-state index in [-0.39, 0.29) is 5.69 Å². The molecule has 1 rings (SSSR count). The van der Waals surface area contributed by atoms with Gasteiger partial charge < -0.3 is 5.11 Å². The van der Waals surface area contributed by atoms with Crippen molar-refractivity contribution >= 4 is 27.6 Å². The molecule has 0 aromatic heterocycles. The second kappa shape index (κ2) is 5.92. The first-order chi connectivity index (χ1) is 8.32. The van der Waals surface area contributed by atoms with E-state index in [1.807, 2.05) is 0 Å². The Morgan fingerprint density at radius 2 is 2.22 bits per heavy atom. The molecule has 0 spiro atoms. The fraction of sp³-hybridized carbons (Fsp3) is 0.364. The summed E-state index contributed by atoms with van der Waals surface area (Å²) in [6, 6.07) is 3.81. The fourth-order valence-corrected chi connectivity index (χ4v) is 1.86. The van der Waals surface area contributed by atoms with Gasteiger partial charge in [0, 0.05) is 23.2 Å². The monoisotopic (exact) mass is 316 g/mol. The molecular weight excluding hydrogens is 304 g/mol. The van der Waals surface area contributed by atoms with Gasteiger partial charge in [0.1, 0.15) is 6.04 Å². The Morgan fingerprint density at radius 3 is 2.67 bits per heavy atom. The van der Waals surface area contributed by atoms with Crippen LogP contribution in [0, 0.1) is 10.1 Å². The summed E-state index contributed by atoms with van der Waals surface area (Å²) in [6.45, 7) is 1.98. The summed E-state index contributed by atoms with van der Waals surface area (Å²) in [5.41, 5.74) is 0.802. The number of halogens is 1. The van der Waals surface area contributed by atoms with Crippen molar-refractivity contribution < 1.29 is 14.8 Å². The van der Waals surface area contributed by atoms with Crippen molar-refractivity contribution in [3.63, 3.8) is 0 Å². The van der Waals surface area contributed by atoms with Crippen LogP contribution in [0.3, 0.4) is 0 Å². The Morgan fingerprint density at radius 1 is 1.61 bits per heavy atom. The number of nitrogens with zero attached hydrogens (tertiary/aromatic N) is 2. The van der Waals surface area contributed by atoms with Crippen LogP contribution in [-0.4, -0.2) is 34.0 Å². The van der Waals surface area contributed by atoms with Crippen LogP contribution in [0.15, 0.2) is 22.7 Å². The first-order valence-corrected chi connectivity index (χ1v) is 5.98. The number of carboxylic acid groups (broad SMARTS) is 1. The van der Waals surface area contributed by atoms with Crippen LogP contribution in [0.2, 0.25) is 0 Å². The van der Waals surface area contributed by atoms with Gasteiger partial charge in [-0.05, 0) is 25.6 Å². The summed E-state index contributed by atoms with van der Waals surface area (Å²) < 4.78 is 0.598. The Bertz CT molecular complexity index is 478. The molecule has 0 saturated carbocycles. The molecule has 0 bridgehead atoms. The van der Waals surface area contributed by atoms with Crippen LogP contribution in [0.5, 0.6) is 0 Å². The van der Waals surface area contributed by atoms with Gasteiger partial charge in [0.25, 0.3) is 5.69 Å². The number of rotatable bonds is 5. The highest BCUT2D eigenvalue weighted by molar-refractivity contribution is 9.10. The number of non-ortho nitro benzene ring substituents is 1. The van der Waals surface area contributed by atoms with Crippen LogP contribution in [0.4, 0.5) is 5.69 Å². The maximum Gasteiger partial charge on any atom is 0.320 e. The van der Waals surface area contributed by atoms with Gasteiger partial charge in [0.05, 0.1) is 4.92 Å². The number of carboxylic acids is 1. The highest BCUT2D eigenvalue weighted by Crippen LogP contribution is 2.24. The van der Waals surface area contributed by atoms with E-state index in [2.05, 4.69) is 15.9 Å². The van der Waals surface area contributed by atoms with Crippen LogP contribution >= 0.6 is 15.9 Å². The fourth-order valence-electron chi connectivity index (χ4n) is 1.37. The molecule has 0 aliphatic heterocycles. The Labute approximate surface area is 112 Å².